The fraction of sp³-hybridized carbons (Fsp3) is 0.467. The van der Waals surface area contributed by atoms with Crippen molar-refractivity contribution in [3.63, 3.8) is 0 Å². The highest BCUT2D eigenvalue weighted by Gasteiger charge is 2.23. The summed E-state index contributed by atoms with van der Waals surface area (Å²) in [6.07, 6.45) is 0.672. The first-order valence-corrected chi connectivity index (χ1v) is 6.47. The number of ether oxygens (including phenoxy) is 2. The lowest BCUT2D eigenvalue weighted by Gasteiger charge is -2.26. The van der Waals surface area contributed by atoms with E-state index in [4.69, 9.17) is 4.74 Å². The topological polar surface area (TPSA) is 55.8 Å². The zero-order valence-electron chi connectivity index (χ0n) is 12.4. The van der Waals surface area contributed by atoms with Crippen LogP contribution in [-0.2, 0) is 20.7 Å². The van der Waals surface area contributed by atoms with Gasteiger partial charge in [-0.15, -0.1) is 0 Å². The molecule has 0 saturated carbocycles. The smallest absolute Gasteiger partial charge is 0.328 e. The first kappa shape index (κ1) is 16.0. The van der Waals surface area contributed by atoms with Gasteiger partial charge in [-0.05, 0) is 31.0 Å². The Morgan fingerprint density at radius 2 is 1.80 bits per heavy atom. The summed E-state index contributed by atoms with van der Waals surface area (Å²) in [5, 5.41) is 0. The summed E-state index contributed by atoms with van der Waals surface area (Å²) in [7, 11) is 2.94. The van der Waals surface area contributed by atoms with Gasteiger partial charge in [0.1, 0.15) is 11.8 Å². The van der Waals surface area contributed by atoms with Gasteiger partial charge in [-0.3, -0.25) is 4.79 Å². The van der Waals surface area contributed by atoms with Crippen molar-refractivity contribution in [1.29, 1.82) is 0 Å². The molecule has 0 aliphatic heterocycles. The molecule has 1 aromatic rings. The molecule has 5 heteroatoms. The maximum Gasteiger partial charge on any atom is 0.328 e. The number of rotatable bonds is 6. The van der Waals surface area contributed by atoms with Gasteiger partial charge in [-0.1, -0.05) is 12.1 Å². The number of benzene rings is 1. The van der Waals surface area contributed by atoms with Crippen molar-refractivity contribution in [3.8, 4) is 5.75 Å². The lowest BCUT2D eigenvalue weighted by molar-refractivity contribution is -0.151. The van der Waals surface area contributed by atoms with E-state index in [9.17, 15) is 9.59 Å². The Kier molecular flexibility index (Phi) is 6.03. The third-order valence-electron chi connectivity index (χ3n) is 3.21. The van der Waals surface area contributed by atoms with Crippen LogP contribution in [0.4, 0.5) is 0 Å². The van der Waals surface area contributed by atoms with Gasteiger partial charge in [-0.25, -0.2) is 4.79 Å². The SMILES string of the molecule is COC(=O)[C@H](C)N(CCc1ccc(OC)cc1)C(C)=O. The van der Waals surface area contributed by atoms with E-state index in [2.05, 4.69) is 4.74 Å². The molecule has 0 N–H and O–H groups in total. The standard InChI is InChI=1S/C15H21NO4/c1-11(15(18)20-4)16(12(2)17)10-9-13-5-7-14(19-3)8-6-13/h5-8,11H,9-10H2,1-4H3/t11-/m0/s1. The van der Waals surface area contributed by atoms with E-state index in [1.165, 1.54) is 18.9 Å². The molecule has 1 aromatic carbocycles. The molecule has 0 unspecified atom stereocenters. The molecule has 0 saturated heterocycles. The lowest BCUT2D eigenvalue weighted by Crippen LogP contribution is -2.43. The van der Waals surface area contributed by atoms with Crippen molar-refractivity contribution in [2.45, 2.75) is 26.3 Å². The predicted molar refractivity (Wildman–Crippen MR) is 75.6 cm³/mol. The van der Waals surface area contributed by atoms with Crippen LogP contribution in [0, 0.1) is 0 Å². The molecule has 20 heavy (non-hydrogen) atoms. The summed E-state index contributed by atoms with van der Waals surface area (Å²) in [4.78, 5) is 24.7. The molecular formula is C15H21NO4. The van der Waals surface area contributed by atoms with E-state index in [0.717, 1.165) is 11.3 Å². The fourth-order valence-corrected chi connectivity index (χ4v) is 1.96. The van der Waals surface area contributed by atoms with Crippen LogP contribution in [0.25, 0.3) is 0 Å². The van der Waals surface area contributed by atoms with Crippen LogP contribution in [0.5, 0.6) is 5.75 Å². The maximum atomic E-state index is 11.6. The molecule has 1 rings (SSSR count). The molecule has 0 aliphatic rings. The van der Waals surface area contributed by atoms with E-state index in [-0.39, 0.29) is 5.91 Å². The van der Waals surface area contributed by atoms with Crippen LogP contribution in [0.3, 0.4) is 0 Å². The number of esters is 1. The van der Waals surface area contributed by atoms with Crippen molar-refractivity contribution < 1.29 is 19.1 Å². The van der Waals surface area contributed by atoms with Crippen molar-refractivity contribution in [3.05, 3.63) is 29.8 Å². The zero-order valence-corrected chi connectivity index (χ0v) is 12.4. The summed E-state index contributed by atoms with van der Waals surface area (Å²) in [5.41, 5.74) is 1.08. The van der Waals surface area contributed by atoms with Gasteiger partial charge in [0.05, 0.1) is 14.2 Å². The Balaban J connectivity index is 2.66. The maximum absolute atomic E-state index is 11.6. The largest absolute Gasteiger partial charge is 0.497 e. The molecule has 0 fully saturated rings. The highest BCUT2D eigenvalue weighted by atomic mass is 16.5. The van der Waals surface area contributed by atoms with Gasteiger partial charge < -0.3 is 14.4 Å². The zero-order chi connectivity index (χ0) is 15.1. The molecule has 0 spiro atoms. The second-order valence-corrected chi connectivity index (χ2v) is 4.51. The summed E-state index contributed by atoms with van der Waals surface area (Å²) < 4.78 is 9.77. The van der Waals surface area contributed by atoms with E-state index in [1.54, 1.807) is 14.0 Å². The quantitative estimate of drug-likeness (QED) is 0.743. The van der Waals surface area contributed by atoms with E-state index < -0.39 is 12.0 Å². The molecule has 110 valence electrons. The first-order chi connectivity index (χ1) is 9.49. The number of amides is 1. The number of carbonyl (C=O) groups excluding carboxylic acids is 2. The molecule has 0 aromatic heterocycles. The van der Waals surface area contributed by atoms with Crippen LogP contribution in [0.2, 0.25) is 0 Å². The first-order valence-electron chi connectivity index (χ1n) is 6.47. The third kappa shape index (κ3) is 4.26. The summed E-state index contributed by atoms with van der Waals surface area (Å²) in [6.45, 7) is 3.59. The minimum atomic E-state index is -0.573. The van der Waals surface area contributed by atoms with Crippen molar-refractivity contribution >= 4 is 11.9 Å². The van der Waals surface area contributed by atoms with Gasteiger partial charge >= 0.3 is 5.97 Å². The normalized spacial score (nSPS) is 11.6. The molecule has 5 nitrogen and oxygen atoms in total. The number of hydrogen-bond acceptors (Lipinski definition) is 4. The molecule has 0 aliphatic carbocycles. The number of nitrogens with zero attached hydrogens (tertiary/aromatic N) is 1. The Hall–Kier alpha value is -2.04. The van der Waals surface area contributed by atoms with Crippen molar-refractivity contribution in [1.82, 2.24) is 4.90 Å². The van der Waals surface area contributed by atoms with Gasteiger partial charge in [0.2, 0.25) is 5.91 Å². The molecule has 1 amide bonds. The van der Waals surface area contributed by atoms with Crippen LogP contribution < -0.4 is 4.74 Å². The Morgan fingerprint density at radius 3 is 2.25 bits per heavy atom. The average Bonchev–Trinajstić information content (AvgIpc) is 2.46. The summed E-state index contributed by atoms with van der Waals surface area (Å²) in [5.74, 6) is 0.242. The van der Waals surface area contributed by atoms with Crippen molar-refractivity contribution in [2.75, 3.05) is 20.8 Å². The summed E-state index contributed by atoms with van der Waals surface area (Å²) >= 11 is 0. The lowest BCUT2D eigenvalue weighted by atomic mass is 10.1. The van der Waals surface area contributed by atoms with Gasteiger partial charge in [0.15, 0.2) is 0 Å². The Bertz CT molecular complexity index is 455. The minimum absolute atomic E-state index is 0.142. The Morgan fingerprint density at radius 1 is 1.20 bits per heavy atom. The number of hydrogen-bond donors (Lipinski definition) is 0. The van der Waals surface area contributed by atoms with Crippen LogP contribution in [0.15, 0.2) is 24.3 Å². The highest BCUT2D eigenvalue weighted by Crippen LogP contribution is 2.13. The monoisotopic (exact) mass is 279 g/mol. The molecule has 0 heterocycles. The molecule has 0 radical (unpaired) electrons. The Labute approximate surface area is 119 Å². The van der Waals surface area contributed by atoms with Crippen molar-refractivity contribution in [2.24, 2.45) is 0 Å². The third-order valence-corrected chi connectivity index (χ3v) is 3.21. The van der Waals surface area contributed by atoms with E-state index >= 15 is 0 Å². The van der Waals surface area contributed by atoms with Gasteiger partial charge in [0, 0.05) is 13.5 Å². The average molecular weight is 279 g/mol. The summed E-state index contributed by atoms with van der Waals surface area (Å²) in [6, 6.07) is 7.06. The van der Waals surface area contributed by atoms with E-state index in [0.29, 0.717) is 13.0 Å². The van der Waals surface area contributed by atoms with Gasteiger partial charge in [-0.2, -0.15) is 0 Å². The number of carbonyl (C=O) groups is 2. The highest BCUT2D eigenvalue weighted by molar-refractivity contribution is 5.82. The second-order valence-electron chi connectivity index (χ2n) is 4.51. The fourth-order valence-electron chi connectivity index (χ4n) is 1.96. The molecule has 0 bridgehead atoms. The van der Waals surface area contributed by atoms with Crippen LogP contribution in [0.1, 0.15) is 19.4 Å². The molecule has 1 atom stereocenters. The molecular weight excluding hydrogens is 258 g/mol. The second kappa shape index (κ2) is 7.53. The van der Waals surface area contributed by atoms with E-state index in [1.807, 2.05) is 24.3 Å². The predicted octanol–water partition coefficient (Wildman–Crippen LogP) is 1.65. The van der Waals surface area contributed by atoms with Gasteiger partial charge in [0.25, 0.3) is 0 Å². The van der Waals surface area contributed by atoms with Crippen LogP contribution >= 0.6 is 0 Å². The number of methoxy groups -OCH3 is 2. The van der Waals surface area contributed by atoms with Crippen LogP contribution in [-0.4, -0.2) is 43.6 Å². The minimum Gasteiger partial charge on any atom is -0.497 e.